The second kappa shape index (κ2) is 9.87. The molecule has 4 rings (SSSR count). The molecule has 0 bridgehead atoms. The number of amides is 2. The van der Waals surface area contributed by atoms with Crippen LogP contribution in [0.3, 0.4) is 0 Å². The Balaban J connectivity index is 1.39. The average Bonchev–Trinajstić information content (AvgIpc) is 2.81. The van der Waals surface area contributed by atoms with Crippen molar-refractivity contribution in [1.82, 2.24) is 20.0 Å². The van der Waals surface area contributed by atoms with E-state index in [-0.39, 0.29) is 23.9 Å². The first-order chi connectivity index (χ1) is 15.7. The van der Waals surface area contributed by atoms with Crippen molar-refractivity contribution in [1.29, 1.82) is 0 Å². The highest BCUT2D eigenvalue weighted by molar-refractivity contribution is 5.75. The summed E-state index contributed by atoms with van der Waals surface area (Å²) in [7, 11) is 0. The zero-order valence-electron chi connectivity index (χ0n) is 20.4. The zero-order chi connectivity index (χ0) is 23.6. The molecule has 2 saturated heterocycles. The van der Waals surface area contributed by atoms with Crippen molar-refractivity contribution in [3.05, 3.63) is 35.9 Å². The molecule has 1 aliphatic carbocycles. The Hall–Kier alpha value is -1.73. The van der Waals surface area contributed by atoms with Gasteiger partial charge >= 0.3 is 6.03 Å². The number of benzene rings is 1. The number of hydrogen-bond donors (Lipinski definition) is 1. The number of hydrogen-bond acceptors (Lipinski definition) is 3. The molecule has 0 spiro atoms. The van der Waals surface area contributed by atoms with Crippen LogP contribution >= 0.6 is 0 Å². The fraction of sp³-hybridized carbons (Fsp3) is 0.731. The van der Waals surface area contributed by atoms with Crippen molar-refractivity contribution in [3.63, 3.8) is 0 Å². The Morgan fingerprint density at radius 2 is 1.64 bits per heavy atom. The molecule has 7 heteroatoms. The summed E-state index contributed by atoms with van der Waals surface area (Å²) in [5.41, 5.74) is 1.30. The van der Waals surface area contributed by atoms with E-state index in [0.717, 1.165) is 39.0 Å². The number of halogens is 2. The minimum absolute atomic E-state index is 0.0193. The molecular weight excluding hydrogens is 422 g/mol. The molecule has 3 aliphatic rings. The smallest absolute Gasteiger partial charge is 0.317 e. The second-order valence-corrected chi connectivity index (χ2v) is 10.7. The first kappa shape index (κ1) is 24.4. The summed E-state index contributed by atoms with van der Waals surface area (Å²) < 4.78 is 30.2. The molecule has 1 aromatic carbocycles. The van der Waals surface area contributed by atoms with Crippen LogP contribution in [0.2, 0.25) is 0 Å². The molecule has 2 amide bonds. The van der Waals surface area contributed by atoms with E-state index in [9.17, 15) is 4.79 Å². The van der Waals surface area contributed by atoms with E-state index in [1.165, 1.54) is 5.56 Å². The highest BCUT2D eigenvalue weighted by atomic mass is 19.3. The van der Waals surface area contributed by atoms with Gasteiger partial charge in [0.25, 0.3) is 5.92 Å². The third kappa shape index (κ3) is 5.35. The summed E-state index contributed by atoms with van der Waals surface area (Å²) in [6, 6.07) is 9.11. The summed E-state index contributed by atoms with van der Waals surface area (Å²) in [4.78, 5) is 19.5. The Kier molecular flexibility index (Phi) is 7.29. The highest BCUT2D eigenvalue weighted by Gasteiger charge is 2.50. The van der Waals surface area contributed by atoms with Crippen LogP contribution in [0.5, 0.6) is 0 Å². The molecule has 2 aliphatic heterocycles. The Morgan fingerprint density at radius 1 is 1.00 bits per heavy atom. The number of likely N-dealkylation sites (tertiary alicyclic amines) is 1. The maximum atomic E-state index is 15.1. The van der Waals surface area contributed by atoms with Crippen LogP contribution in [0.4, 0.5) is 13.6 Å². The average molecular weight is 463 g/mol. The molecule has 0 radical (unpaired) electrons. The van der Waals surface area contributed by atoms with Gasteiger partial charge in [-0.2, -0.15) is 0 Å². The van der Waals surface area contributed by atoms with Crippen molar-refractivity contribution in [2.24, 2.45) is 0 Å². The third-order valence-electron chi connectivity index (χ3n) is 8.30. The first-order valence-electron chi connectivity index (χ1n) is 12.7. The van der Waals surface area contributed by atoms with E-state index >= 15 is 8.78 Å². The van der Waals surface area contributed by atoms with Crippen LogP contribution < -0.4 is 5.32 Å². The quantitative estimate of drug-likeness (QED) is 0.724. The predicted molar refractivity (Wildman–Crippen MR) is 128 cm³/mol. The van der Waals surface area contributed by atoms with Crippen LogP contribution in [0, 0.1) is 0 Å². The van der Waals surface area contributed by atoms with Gasteiger partial charge in [0.05, 0.1) is 0 Å². The number of carbonyl (C=O) groups is 1. The van der Waals surface area contributed by atoms with Crippen LogP contribution in [-0.4, -0.2) is 84.0 Å². The Labute approximate surface area is 197 Å². The minimum atomic E-state index is -2.87. The number of nitrogens with one attached hydrogen (secondary N) is 1. The monoisotopic (exact) mass is 462 g/mol. The fourth-order valence-electron chi connectivity index (χ4n) is 5.89. The van der Waals surface area contributed by atoms with Crippen LogP contribution in [0.25, 0.3) is 0 Å². The maximum Gasteiger partial charge on any atom is 0.317 e. The number of piperazine rings is 1. The van der Waals surface area contributed by atoms with Crippen molar-refractivity contribution in [2.45, 2.75) is 82.3 Å². The molecule has 1 saturated carbocycles. The summed E-state index contributed by atoms with van der Waals surface area (Å²) in [5.74, 6) is -2.87. The van der Waals surface area contributed by atoms with E-state index in [4.69, 9.17) is 0 Å². The van der Waals surface area contributed by atoms with Crippen LogP contribution in [0.15, 0.2) is 30.3 Å². The summed E-state index contributed by atoms with van der Waals surface area (Å²) in [5, 5.41) is 2.81. The number of alkyl halides is 2. The van der Waals surface area contributed by atoms with E-state index in [0.29, 0.717) is 32.0 Å². The molecule has 0 aromatic heterocycles. The van der Waals surface area contributed by atoms with E-state index in [2.05, 4.69) is 48.0 Å². The van der Waals surface area contributed by atoms with E-state index < -0.39 is 12.0 Å². The first-order valence-corrected chi connectivity index (χ1v) is 12.7. The molecule has 1 aromatic rings. The highest BCUT2D eigenvalue weighted by Crippen LogP contribution is 2.38. The molecule has 1 N–H and O–H groups in total. The van der Waals surface area contributed by atoms with E-state index in [1.807, 2.05) is 18.2 Å². The molecule has 2 atom stereocenters. The number of rotatable bonds is 4. The molecule has 5 nitrogen and oxygen atoms in total. The van der Waals surface area contributed by atoms with Crippen molar-refractivity contribution in [2.75, 3.05) is 39.3 Å². The predicted octanol–water partition coefficient (Wildman–Crippen LogP) is 4.33. The standard InChI is InChI=1S/C26H40F2N4O/c1-20(2)30-16-18-31(19-17-30)22-10-7-11-26(27,28)23(22)29-24(33)32-14-12-25(3,13-15-32)21-8-5-4-6-9-21/h4-6,8-9,20,22-23H,7,10-19H2,1-3H3,(H,29,33)/t22?,23-/m1/s1. The summed E-state index contributed by atoms with van der Waals surface area (Å²) in [6.45, 7) is 11.1. The number of nitrogens with zero attached hydrogens (tertiary/aromatic N) is 3. The molecule has 184 valence electrons. The zero-order valence-corrected chi connectivity index (χ0v) is 20.4. The SMILES string of the molecule is CC(C)N1CCN(C2CCCC(F)(F)[C@@H]2NC(=O)N2CCC(C)(c3ccccc3)CC2)CC1. The fourth-order valence-corrected chi connectivity index (χ4v) is 5.89. The number of urea groups is 1. The van der Waals surface area contributed by atoms with Crippen molar-refractivity contribution >= 4 is 6.03 Å². The second-order valence-electron chi connectivity index (χ2n) is 10.7. The lowest BCUT2D eigenvalue weighted by atomic mass is 9.74. The molecular formula is C26H40F2N4O. The molecule has 2 heterocycles. The largest absolute Gasteiger partial charge is 0.328 e. The van der Waals surface area contributed by atoms with Gasteiger partial charge in [-0.3, -0.25) is 9.80 Å². The summed E-state index contributed by atoms with van der Waals surface area (Å²) in [6.07, 6.45) is 2.76. The van der Waals surface area contributed by atoms with Crippen molar-refractivity contribution in [3.8, 4) is 0 Å². The lowest BCUT2D eigenvalue weighted by molar-refractivity contribution is -0.0973. The molecule has 1 unspecified atom stereocenters. The van der Waals surface area contributed by atoms with Gasteiger partial charge in [-0.25, -0.2) is 13.6 Å². The van der Waals surface area contributed by atoms with Gasteiger partial charge in [-0.05, 0) is 50.5 Å². The van der Waals surface area contributed by atoms with Gasteiger partial charge in [-0.1, -0.05) is 37.3 Å². The molecule has 3 fully saturated rings. The topological polar surface area (TPSA) is 38.8 Å². The Morgan fingerprint density at radius 3 is 2.24 bits per heavy atom. The lowest BCUT2D eigenvalue weighted by Gasteiger charge is -2.48. The van der Waals surface area contributed by atoms with Gasteiger partial charge in [0.15, 0.2) is 0 Å². The summed E-state index contributed by atoms with van der Waals surface area (Å²) >= 11 is 0. The Bertz CT molecular complexity index is 787. The maximum absolute atomic E-state index is 15.1. The van der Waals surface area contributed by atoms with Crippen LogP contribution in [0.1, 0.15) is 58.4 Å². The number of piperidine rings is 1. The van der Waals surface area contributed by atoms with Gasteiger partial charge in [0, 0.05) is 57.8 Å². The van der Waals surface area contributed by atoms with Gasteiger partial charge in [0.1, 0.15) is 6.04 Å². The normalized spacial score (nSPS) is 28.6. The third-order valence-corrected chi connectivity index (χ3v) is 8.30. The molecule has 33 heavy (non-hydrogen) atoms. The lowest BCUT2D eigenvalue weighted by Crippen LogP contribution is -2.66. The number of carbonyl (C=O) groups excluding carboxylic acids is 1. The van der Waals surface area contributed by atoms with Gasteiger partial charge in [-0.15, -0.1) is 0 Å². The van der Waals surface area contributed by atoms with E-state index in [1.54, 1.807) is 4.90 Å². The van der Waals surface area contributed by atoms with Crippen molar-refractivity contribution < 1.29 is 13.6 Å². The van der Waals surface area contributed by atoms with Gasteiger partial charge < -0.3 is 10.2 Å². The van der Waals surface area contributed by atoms with Crippen LogP contribution in [-0.2, 0) is 5.41 Å². The minimum Gasteiger partial charge on any atom is -0.328 e. The van der Waals surface area contributed by atoms with Gasteiger partial charge in [0.2, 0.25) is 0 Å².